The number of anilines is 1. The van der Waals surface area contributed by atoms with Crippen molar-refractivity contribution in [2.75, 3.05) is 18.0 Å². The second-order valence-corrected chi connectivity index (χ2v) is 8.42. The van der Waals surface area contributed by atoms with Gasteiger partial charge in [-0.05, 0) is 24.5 Å². The molecule has 1 N–H and O–H groups in total. The molecule has 170 valence electrons. The summed E-state index contributed by atoms with van der Waals surface area (Å²) in [7, 11) is 0. The Morgan fingerprint density at radius 1 is 1.12 bits per heavy atom. The molecule has 2 aliphatic heterocycles. The Morgan fingerprint density at radius 3 is 2.44 bits per heavy atom. The number of nitrogens with zero attached hydrogens (tertiary/aromatic N) is 3. The van der Waals surface area contributed by atoms with Crippen molar-refractivity contribution < 1.29 is 22.8 Å². The van der Waals surface area contributed by atoms with E-state index in [-0.39, 0.29) is 35.8 Å². The van der Waals surface area contributed by atoms with Crippen LogP contribution in [-0.4, -0.2) is 46.9 Å². The minimum absolute atomic E-state index is 0.0119. The number of halogens is 4. The number of amides is 2. The summed E-state index contributed by atoms with van der Waals surface area (Å²) in [6, 6.07) is 9.69. The Balaban J connectivity index is 1.32. The van der Waals surface area contributed by atoms with Gasteiger partial charge in [0.25, 0.3) is 0 Å². The molecule has 32 heavy (non-hydrogen) atoms. The van der Waals surface area contributed by atoms with Crippen molar-refractivity contribution in [1.29, 1.82) is 0 Å². The van der Waals surface area contributed by atoms with Crippen molar-refractivity contribution in [2.45, 2.75) is 44.1 Å². The maximum Gasteiger partial charge on any atom is 0.417 e. The molecule has 0 saturated carbocycles. The molecule has 2 aromatic rings. The van der Waals surface area contributed by atoms with Gasteiger partial charge < -0.3 is 10.2 Å². The molecule has 2 saturated heterocycles. The monoisotopic (exact) mass is 466 g/mol. The van der Waals surface area contributed by atoms with Gasteiger partial charge in [0, 0.05) is 25.3 Å². The number of carbonyl (C=O) groups is 2. The highest BCUT2D eigenvalue weighted by Crippen LogP contribution is 2.34. The molecule has 0 aliphatic carbocycles. The highest BCUT2D eigenvalue weighted by atomic mass is 35.5. The highest BCUT2D eigenvalue weighted by Gasteiger charge is 2.40. The number of piperidine rings is 1. The molecule has 10 heteroatoms. The lowest BCUT2D eigenvalue weighted by molar-refractivity contribution is -0.140. The number of imide groups is 1. The molecule has 2 aliphatic rings. The van der Waals surface area contributed by atoms with Crippen molar-refractivity contribution in [3.63, 3.8) is 0 Å². The van der Waals surface area contributed by atoms with Gasteiger partial charge in [0.15, 0.2) is 0 Å². The van der Waals surface area contributed by atoms with Crippen molar-refractivity contribution in [3.8, 4) is 0 Å². The third-order valence-electron chi connectivity index (χ3n) is 5.81. The maximum atomic E-state index is 12.8. The van der Waals surface area contributed by atoms with E-state index in [1.54, 1.807) is 0 Å². The van der Waals surface area contributed by atoms with E-state index in [1.807, 2.05) is 35.2 Å². The number of carbonyl (C=O) groups excluding carboxylic acids is 2. The van der Waals surface area contributed by atoms with E-state index >= 15 is 0 Å². The summed E-state index contributed by atoms with van der Waals surface area (Å²) in [6.07, 6.45) is -2.29. The lowest BCUT2D eigenvalue weighted by Crippen LogP contribution is -2.49. The van der Waals surface area contributed by atoms with Crippen LogP contribution in [0.5, 0.6) is 0 Å². The zero-order chi connectivity index (χ0) is 22.9. The summed E-state index contributed by atoms with van der Waals surface area (Å²) >= 11 is 6.05. The average Bonchev–Trinajstić information content (AvgIpc) is 3.02. The van der Waals surface area contributed by atoms with Crippen LogP contribution in [0.1, 0.15) is 30.4 Å². The number of likely N-dealkylation sites (tertiary alicyclic amines) is 1. The Labute approximate surface area is 188 Å². The standard InChI is InChI=1S/C22H22ClF3N4O2/c23-17-10-15(22(24,25)26)12-27-20(17)29-8-6-16(7-9-29)28-18-11-19(31)30(21(18)32)13-14-4-2-1-3-5-14/h1-5,10,12,16,18,28H,6-9,11,13H2/t18-/m1/s1. The molecule has 4 rings (SSSR count). The fourth-order valence-electron chi connectivity index (χ4n) is 4.11. The first-order valence-corrected chi connectivity index (χ1v) is 10.7. The Hall–Kier alpha value is -2.65. The maximum absolute atomic E-state index is 12.8. The predicted molar refractivity (Wildman–Crippen MR) is 113 cm³/mol. The Bertz CT molecular complexity index is 994. The molecule has 0 spiro atoms. The Morgan fingerprint density at radius 2 is 1.81 bits per heavy atom. The van der Waals surface area contributed by atoms with E-state index < -0.39 is 17.8 Å². The van der Waals surface area contributed by atoms with E-state index in [1.165, 1.54) is 4.90 Å². The van der Waals surface area contributed by atoms with Crippen molar-refractivity contribution in [2.24, 2.45) is 0 Å². The number of alkyl halides is 3. The van der Waals surface area contributed by atoms with Gasteiger partial charge in [0.1, 0.15) is 5.82 Å². The molecule has 2 amide bonds. The lowest BCUT2D eigenvalue weighted by Gasteiger charge is -2.34. The zero-order valence-electron chi connectivity index (χ0n) is 17.1. The molecule has 1 aromatic carbocycles. The molecule has 0 radical (unpaired) electrons. The first-order valence-electron chi connectivity index (χ1n) is 10.3. The number of hydrogen-bond donors (Lipinski definition) is 1. The number of pyridine rings is 1. The van der Waals surface area contributed by atoms with Crippen LogP contribution in [0, 0.1) is 0 Å². The molecular formula is C22H22ClF3N4O2. The zero-order valence-corrected chi connectivity index (χ0v) is 17.9. The molecule has 1 atom stereocenters. The largest absolute Gasteiger partial charge is 0.417 e. The fraction of sp³-hybridized carbons (Fsp3) is 0.409. The molecule has 2 fully saturated rings. The minimum Gasteiger partial charge on any atom is -0.355 e. The molecule has 0 bridgehead atoms. The summed E-state index contributed by atoms with van der Waals surface area (Å²) in [6.45, 7) is 1.31. The van der Waals surface area contributed by atoms with Gasteiger partial charge in [-0.3, -0.25) is 14.5 Å². The summed E-state index contributed by atoms with van der Waals surface area (Å²) in [4.78, 5) is 32.2. The molecular weight excluding hydrogens is 445 g/mol. The van der Waals surface area contributed by atoms with Gasteiger partial charge >= 0.3 is 6.18 Å². The number of nitrogens with one attached hydrogen (secondary N) is 1. The lowest BCUT2D eigenvalue weighted by atomic mass is 10.0. The predicted octanol–water partition coefficient (Wildman–Crippen LogP) is 3.64. The molecule has 3 heterocycles. The molecule has 1 aromatic heterocycles. The number of benzene rings is 1. The third-order valence-corrected chi connectivity index (χ3v) is 6.09. The summed E-state index contributed by atoms with van der Waals surface area (Å²) in [5.41, 5.74) is 0.0105. The fourth-order valence-corrected chi connectivity index (χ4v) is 4.39. The first-order chi connectivity index (χ1) is 15.2. The van der Waals surface area contributed by atoms with Crippen LogP contribution in [0.2, 0.25) is 5.02 Å². The third kappa shape index (κ3) is 4.88. The van der Waals surface area contributed by atoms with Crippen LogP contribution in [-0.2, 0) is 22.3 Å². The van der Waals surface area contributed by atoms with Crippen molar-refractivity contribution >= 4 is 29.2 Å². The van der Waals surface area contributed by atoms with E-state index in [0.717, 1.165) is 17.8 Å². The minimum atomic E-state index is -4.49. The van der Waals surface area contributed by atoms with Gasteiger partial charge in [0.05, 0.1) is 29.6 Å². The second kappa shape index (κ2) is 9.07. The van der Waals surface area contributed by atoms with Gasteiger partial charge in [-0.25, -0.2) is 4.98 Å². The van der Waals surface area contributed by atoms with Gasteiger partial charge in [-0.2, -0.15) is 13.2 Å². The second-order valence-electron chi connectivity index (χ2n) is 8.02. The van der Waals surface area contributed by atoms with E-state index in [4.69, 9.17) is 11.6 Å². The SMILES string of the molecule is O=C1C[C@@H](NC2CCN(c3ncc(C(F)(F)F)cc3Cl)CC2)C(=O)N1Cc1ccccc1. The topological polar surface area (TPSA) is 65.5 Å². The quantitative estimate of drug-likeness (QED) is 0.682. The van der Waals surface area contributed by atoms with Crippen LogP contribution in [0.4, 0.5) is 19.0 Å². The van der Waals surface area contributed by atoms with E-state index in [9.17, 15) is 22.8 Å². The summed E-state index contributed by atoms with van der Waals surface area (Å²) < 4.78 is 38.5. The molecule has 0 unspecified atom stereocenters. The van der Waals surface area contributed by atoms with Crippen LogP contribution in [0.3, 0.4) is 0 Å². The van der Waals surface area contributed by atoms with Gasteiger partial charge in [0.2, 0.25) is 11.8 Å². The van der Waals surface area contributed by atoms with E-state index in [0.29, 0.717) is 31.7 Å². The van der Waals surface area contributed by atoms with Crippen LogP contribution >= 0.6 is 11.6 Å². The Kier molecular flexibility index (Phi) is 6.39. The smallest absolute Gasteiger partial charge is 0.355 e. The van der Waals surface area contributed by atoms with E-state index in [2.05, 4.69) is 10.3 Å². The number of hydrogen-bond acceptors (Lipinski definition) is 5. The normalized spacial score (nSPS) is 20.3. The van der Waals surface area contributed by atoms with Crippen molar-refractivity contribution in [3.05, 3.63) is 58.7 Å². The summed E-state index contributed by atoms with van der Waals surface area (Å²) in [5.74, 6) is -0.109. The van der Waals surface area contributed by atoms with Gasteiger partial charge in [-0.15, -0.1) is 0 Å². The van der Waals surface area contributed by atoms with Gasteiger partial charge in [-0.1, -0.05) is 41.9 Å². The molecule has 6 nitrogen and oxygen atoms in total. The number of aromatic nitrogens is 1. The van der Waals surface area contributed by atoms with Crippen molar-refractivity contribution in [1.82, 2.24) is 15.2 Å². The first kappa shape index (κ1) is 22.5. The average molecular weight is 467 g/mol. The van der Waals surface area contributed by atoms with Crippen LogP contribution in [0.15, 0.2) is 42.6 Å². The number of rotatable bonds is 5. The van der Waals surface area contributed by atoms with Crippen LogP contribution < -0.4 is 10.2 Å². The van der Waals surface area contributed by atoms with Crippen LogP contribution in [0.25, 0.3) is 0 Å². The highest BCUT2D eigenvalue weighted by molar-refractivity contribution is 6.33. The summed E-state index contributed by atoms with van der Waals surface area (Å²) in [5, 5.41) is 3.25.